The smallest absolute Gasteiger partial charge is 0.326 e. The SMILES string of the molecule is CCC(C)[C@H](NC(=O)C1CCN(C)C1)C(=O)O. The van der Waals surface area contributed by atoms with E-state index in [2.05, 4.69) is 10.2 Å². The zero-order chi connectivity index (χ0) is 13.0. The quantitative estimate of drug-likeness (QED) is 0.739. The van der Waals surface area contributed by atoms with E-state index in [1.54, 1.807) is 0 Å². The Morgan fingerprint density at radius 3 is 2.59 bits per heavy atom. The maximum absolute atomic E-state index is 11.9. The molecule has 17 heavy (non-hydrogen) atoms. The molecule has 0 aromatic carbocycles. The molecular formula is C12H22N2O3. The van der Waals surface area contributed by atoms with Gasteiger partial charge in [-0.3, -0.25) is 4.79 Å². The van der Waals surface area contributed by atoms with Gasteiger partial charge in [-0.25, -0.2) is 4.79 Å². The molecule has 0 aliphatic carbocycles. The van der Waals surface area contributed by atoms with E-state index in [-0.39, 0.29) is 17.7 Å². The topological polar surface area (TPSA) is 69.6 Å². The standard InChI is InChI=1S/C12H22N2O3/c1-4-8(2)10(12(16)17)13-11(15)9-5-6-14(3)7-9/h8-10H,4-7H2,1-3H3,(H,13,15)(H,16,17)/t8?,9?,10-/m0/s1. The van der Waals surface area contributed by atoms with Crippen molar-refractivity contribution in [1.29, 1.82) is 0 Å². The molecule has 0 aromatic rings. The van der Waals surface area contributed by atoms with Crippen LogP contribution in [0.25, 0.3) is 0 Å². The van der Waals surface area contributed by atoms with Crippen LogP contribution in [-0.4, -0.2) is 48.1 Å². The Labute approximate surface area is 102 Å². The number of carbonyl (C=O) groups is 2. The number of carboxylic acid groups (broad SMARTS) is 1. The Balaban J connectivity index is 2.55. The lowest BCUT2D eigenvalue weighted by Crippen LogP contribution is -2.47. The molecular weight excluding hydrogens is 220 g/mol. The molecule has 5 nitrogen and oxygen atoms in total. The van der Waals surface area contributed by atoms with Crippen molar-refractivity contribution in [3.8, 4) is 0 Å². The Morgan fingerprint density at radius 1 is 1.53 bits per heavy atom. The average molecular weight is 242 g/mol. The Kier molecular flexibility index (Phi) is 4.93. The molecule has 1 heterocycles. The van der Waals surface area contributed by atoms with Crippen molar-refractivity contribution in [3.63, 3.8) is 0 Å². The Morgan fingerprint density at radius 2 is 2.18 bits per heavy atom. The summed E-state index contributed by atoms with van der Waals surface area (Å²) in [6, 6.07) is -0.765. The van der Waals surface area contributed by atoms with Crippen molar-refractivity contribution < 1.29 is 14.7 Å². The number of hydrogen-bond acceptors (Lipinski definition) is 3. The van der Waals surface area contributed by atoms with Gasteiger partial charge < -0.3 is 15.3 Å². The van der Waals surface area contributed by atoms with Gasteiger partial charge in [-0.1, -0.05) is 20.3 Å². The van der Waals surface area contributed by atoms with Crippen molar-refractivity contribution in [1.82, 2.24) is 10.2 Å². The summed E-state index contributed by atoms with van der Waals surface area (Å²) in [5, 5.41) is 11.8. The molecule has 0 saturated carbocycles. The van der Waals surface area contributed by atoms with Gasteiger partial charge in [0.1, 0.15) is 6.04 Å². The number of aliphatic carboxylic acids is 1. The maximum atomic E-state index is 11.9. The van der Waals surface area contributed by atoms with E-state index < -0.39 is 12.0 Å². The normalized spacial score (nSPS) is 24.3. The molecule has 0 bridgehead atoms. The monoisotopic (exact) mass is 242 g/mol. The summed E-state index contributed by atoms with van der Waals surface area (Å²) in [6.45, 7) is 5.40. The number of amides is 1. The molecule has 2 N–H and O–H groups in total. The molecule has 0 spiro atoms. The van der Waals surface area contributed by atoms with Gasteiger partial charge >= 0.3 is 5.97 Å². The predicted molar refractivity (Wildman–Crippen MR) is 64.6 cm³/mol. The second-order valence-corrected chi connectivity index (χ2v) is 4.96. The zero-order valence-corrected chi connectivity index (χ0v) is 10.8. The summed E-state index contributed by atoms with van der Waals surface area (Å²) in [5.74, 6) is -1.18. The summed E-state index contributed by atoms with van der Waals surface area (Å²) in [6.07, 6.45) is 1.55. The van der Waals surface area contributed by atoms with Crippen LogP contribution in [0.1, 0.15) is 26.7 Å². The molecule has 3 atom stereocenters. The number of hydrogen-bond donors (Lipinski definition) is 2. The van der Waals surface area contributed by atoms with Gasteiger partial charge in [0.15, 0.2) is 0 Å². The summed E-state index contributed by atoms with van der Waals surface area (Å²) in [4.78, 5) is 25.1. The van der Waals surface area contributed by atoms with E-state index in [0.29, 0.717) is 0 Å². The first kappa shape index (κ1) is 14.0. The van der Waals surface area contributed by atoms with Crippen LogP contribution < -0.4 is 5.32 Å². The van der Waals surface area contributed by atoms with Gasteiger partial charge in [-0.05, 0) is 25.9 Å². The van der Waals surface area contributed by atoms with Crippen LogP contribution in [-0.2, 0) is 9.59 Å². The summed E-state index contributed by atoms with van der Waals surface area (Å²) in [7, 11) is 1.97. The fourth-order valence-electron chi connectivity index (χ4n) is 2.10. The number of nitrogens with zero attached hydrogens (tertiary/aromatic N) is 1. The van der Waals surface area contributed by atoms with Crippen molar-refractivity contribution in [2.45, 2.75) is 32.7 Å². The van der Waals surface area contributed by atoms with Crippen LogP contribution in [0.4, 0.5) is 0 Å². The van der Waals surface area contributed by atoms with E-state index in [1.807, 2.05) is 20.9 Å². The van der Waals surface area contributed by atoms with Gasteiger partial charge in [-0.15, -0.1) is 0 Å². The van der Waals surface area contributed by atoms with Gasteiger partial charge in [0, 0.05) is 6.54 Å². The Bertz CT molecular complexity index is 293. The van der Waals surface area contributed by atoms with Crippen LogP contribution in [0, 0.1) is 11.8 Å². The lowest BCUT2D eigenvalue weighted by atomic mass is 9.98. The van der Waals surface area contributed by atoms with Gasteiger partial charge in [0.2, 0.25) is 5.91 Å². The average Bonchev–Trinajstić information content (AvgIpc) is 2.71. The zero-order valence-electron chi connectivity index (χ0n) is 10.8. The highest BCUT2D eigenvalue weighted by Gasteiger charge is 2.31. The number of likely N-dealkylation sites (tertiary alicyclic amines) is 1. The molecule has 98 valence electrons. The largest absolute Gasteiger partial charge is 0.480 e. The maximum Gasteiger partial charge on any atom is 0.326 e. The highest BCUT2D eigenvalue weighted by Crippen LogP contribution is 2.16. The number of carbonyl (C=O) groups excluding carboxylic acids is 1. The minimum atomic E-state index is -0.945. The van der Waals surface area contributed by atoms with Crippen LogP contribution in [0.3, 0.4) is 0 Å². The third-order valence-electron chi connectivity index (χ3n) is 3.54. The minimum Gasteiger partial charge on any atom is -0.480 e. The van der Waals surface area contributed by atoms with Crippen LogP contribution in [0.5, 0.6) is 0 Å². The van der Waals surface area contributed by atoms with Crippen LogP contribution in [0.15, 0.2) is 0 Å². The van der Waals surface area contributed by atoms with E-state index in [9.17, 15) is 9.59 Å². The summed E-state index contributed by atoms with van der Waals surface area (Å²) >= 11 is 0. The molecule has 5 heteroatoms. The van der Waals surface area contributed by atoms with Gasteiger partial charge in [0.25, 0.3) is 0 Å². The third-order valence-corrected chi connectivity index (χ3v) is 3.54. The van der Waals surface area contributed by atoms with E-state index in [4.69, 9.17) is 5.11 Å². The molecule has 1 fully saturated rings. The number of nitrogens with one attached hydrogen (secondary N) is 1. The lowest BCUT2D eigenvalue weighted by Gasteiger charge is -2.22. The highest BCUT2D eigenvalue weighted by molar-refractivity contribution is 5.85. The fraction of sp³-hybridized carbons (Fsp3) is 0.833. The first-order chi connectivity index (χ1) is 7.95. The van der Waals surface area contributed by atoms with E-state index in [0.717, 1.165) is 25.9 Å². The Hall–Kier alpha value is -1.10. The van der Waals surface area contributed by atoms with Crippen LogP contribution >= 0.6 is 0 Å². The van der Waals surface area contributed by atoms with Gasteiger partial charge in [0.05, 0.1) is 5.92 Å². The first-order valence-electron chi connectivity index (χ1n) is 6.17. The predicted octanol–water partition coefficient (Wildman–Crippen LogP) is 0.554. The number of carboxylic acids is 1. The molecule has 1 rings (SSSR count). The summed E-state index contributed by atoms with van der Waals surface area (Å²) < 4.78 is 0. The lowest BCUT2D eigenvalue weighted by molar-refractivity contribution is -0.143. The minimum absolute atomic E-state index is 0.0458. The van der Waals surface area contributed by atoms with E-state index in [1.165, 1.54) is 0 Å². The molecule has 1 aliphatic heterocycles. The molecule has 1 aliphatic rings. The molecule has 1 amide bonds. The first-order valence-corrected chi connectivity index (χ1v) is 6.17. The van der Waals surface area contributed by atoms with E-state index >= 15 is 0 Å². The molecule has 2 unspecified atom stereocenters. The second-order valence-electron chi connectivity index (χ2n) is 4.96. The summed E-state index contributed by atoms with van der Waals surface area (Å²) in [5.41, 5.74) is 0. The van der Waals surface area contributed by atoms with Crippen molar-refractivity contribution in [3.05, 3.63) is 0 Å². The third kappa shape index (κ3) is 3.70. The van der Waals surface area contributed by atoms with Crippen molar-refractivity contribution >= 4 is 11.9 Å². The molecule has 0 aromatic heterocycles. The molecule has 0 radical (unpaired) electrons. The van der Waals surface area contributed by atoms with Crippen LogP contribution in [0.2, 0.25) is 0 Å². The van der Waals surface area contributed by atoms with Crippen molar-refractivity contribution in [2.24, 2.45) is 11.8 Å². The number of rotatable bonds is 5. The molecule has 1 saturated heterocycles. The van der Waals surface area contributed by atoms with Crippen molar-refractivity contribution in [2.75, 3.05) is 20.1 Å². The van der Waals surface area contributed by atoms with Gasteiger partial charge in [-0.2, -0.15) is 0 Å². The fourth-order valence-corrected chi connectivity index (χ4v) is 2.10. The second kappa shape index (κ2) is 6.00. The highest BCUT2D eigenvalue weighted by atomic mass is 16.4.